The van der Waals surface area contributed by atoms with Gasteiger partial charge in [-0.3, -0.25) is 24.6 Å². The summed E-state index contributed by atoms with van der Waals surface area (Å²) in [6.45, 7) is -5.97. The van der Waals surface area contributed by atoms with Crippen molar-refractivity contribution < 1.29 is 37.6 Å². The number of imide groups is 1. The first-order valence-electron chi connectivity index (χ1n) is 15.3. The fourth-order valence-electron chi connectivity index (χ4n) is 3.57. The zero-order chi connectivity index (χ0) is 31.8. The number of hydrogen-bond donors (Lipinski definition) is 1. The average molecular weight is 460 g/mol. The lowest BCUT2D eigenvalue weighted by molar-refractivity contribution is -0.136. The maximum absolute atomic E-state index is 13.4. The van der Waals surface area contributed by atoms with Crippen molar-refractivity contribution in [2.24, 2.45) is 0 Å². The molecule has 1 atom stereocenters. The smallest absolute Gasteiger partial charge is 0.255 e. The van der Waals surface area contributed by atoms with Gasteiger partial charge < -0.3 is 14.4 Å². The maximum atomic E-state index is 13.4. The van der Waals surface area contributed by atoms with Crippen molar-refractivity contribution in [2.75, 3.05) is 26.3 Å². The van der Waals surface area contributed by atoms with Crippen LogP contribution in [-0.2, 0) is 33.9 Å². The van der Waals surface area contributed by atoms with Crippen LogP contribution in [0.2, 0.25) is 0 Å². The topological polar surface area (TPSA) is 88.2 Å². The maximum Gasteiger partial charge on any atom is 0.255 e. The fraction of sp³-hybridized carbons (Fsp3) is 0.400. The molecule has 0 aromatic heterocycles. The van der Waals surface area contributed by atoms with Gasteiger partial charge in [0.2, 0.25) is 11.8 Å². The van der Waals surface area contributed by atoms with E-state index in [0.29, 0.717) is 26.3 Å². The Labute approximate surface area is 206 Å². The molecule has 8 nitrogen and oxygen atoms in total. The van der Waals surface area contributed by atoms with Crippen molar-refractivity contribution in [3.8, 4) is 5.75 Å². The Morgan fingerprint density at radius 3 is 2.64 bits per heavy atom. The lowest BCUT2D eigenvalue weighted by atomic mass is 10.0. The highest BCUT2D eigenvalue weighted by atomic mass is 16.5. The molecule has 33 heavy (non-hydrogen) atoms. The van der Waals surface area contributed by atoms with E-state index in [-0.39, 0.29) is 21.6 Å². The molecule has 2 saturated heterocycles. The molecular formula is C25H27N3O5. The number of piperidine rings is 1. The number of ether oxygens (including phenoxy) is 2. The zero-order valence-corrected chi connectivity index (χ0v) is 17.4. The van der Waals surface area contributed by atoms with Crippen LogP contribution >= 0.6 is 0 Å². The van der Waals surface area contributed by atoms with E-state index in [0.717, 1.165) is 0 Å². The molecule has 3 aliphatic rings. The number of morpholine rings is 1. The monoisotopic (exact) mass is 459 g/mol. The highest BCUT2D eigenvalue weighted by Crippen LogP contribution is 2.34. The van der Waals surface area contributed by atoms with Crippen molar-refractivity contribution in [3.05, 3.63) is 64.7 Å². The van der Waals surface area contributed by atoms with E-state index in [4.69, 9.17) is 23.2 Å². The Kier molecular flexibility index (Phi) is 3.64. The number of hydrogen-bond acceptors (Lipinski definition) is 6. The third-order valence-electron chi connectivity index (χ3n) is 5.24. The van der Waals surface area contributed by atoms with Crippen LogP contribution in [-0.4, -0.2) is 59.9 Å². The molecule has 0 bridgehead atoms. The first-order chi connectivity index (χ1) is 19.8. The van der Waals surface area contributed by atoms with E-state index in [9.17, 15) is 14.4 Å². The standard InChI is InChI=1S/C25H27N3O5/c29-23-9-8-21(24(30)26-23)28-15-20-19(25(28)31)2-1-3-22(20)33-16-18-6-4-17(5-7-18)14-27-10-12-32-13-11-27/h1-7,21H,8-16H2,(H,26,29,30)/t21-/m0/s1/i8D2,9D2,14D2,15D2,16D2. The van der Waals surface area contributed by atoms with Crippen LogP contribution in [0.5, 0.6) is 5.75 Å². The van der Waals surface area contributed by atoms with E-state index in [1.165, 1.54) is 42.5 Å². The zero-order valence-electron chi connectivity index (χ0n) is 27.4. The van der Waals surface area contributed by atoms with Crippen LogP contribution in [0.1, 0.15) is 53.5 Å². The Morgan fingerprint density at radius 1 is 1.09 bits per heavy atom. The third-order valence-corrected chi connectivity index (χ3v) is 5.24. The van der Waals surface area contributed by atoms with Gasteiger partial charge in [0.25, 0.3) is 5.91 Å². The van der Waals surface area contributed by atoms with Crippen LogP contribution in [0.15, 0.2) is 42.5 Å². The predicted octanol–water partition coefficient (Wildman–Crippen LogP) is 1.86. The lowest BCUT2D eigenvalue weighted by Crippen LogP contribution is -2.52. The van der Waals surface area contributed by atoms with Gasteiger partial charge in [-0.05, 0) is 29.6 Å². The molecule has 5 rings (SSSR count). The van der Waals surface area contributed by atoms with Crippen molar-refractivity contribution in [1.82, 2.24) is 15.1 Å². The normalized spacial score (nSPS) is 31.1. The molecule has 3 aliphatic heterocycles. The minimum atomic E-state index is -3.33. The molecule has 2 aromatic carbocycles. The van der Waals surface area contributed by atoms with E-state index in [2.05, 4.69) is 0 Å². The van der Waals surface area contributed by atoms with Gasteiger partial charge in [-0.15, -0.1) is 0 Å². The SMILES string of the molecule is [2H]C([2H])(Oc1cccc2c1C([2H])([2H])N([C@@H]1C(=O)NC(=O)C([2H])([2H])C1([2H])[2H])C2=O)c1ccc(C([2H])([2H])N2CCOCC2)cc1. The van der Waals surface area contributed by atoms with Gasteiger partial charge in [0.05, 0.1) is 25.2 Å². The molecule has 2 aromatic rings. The number of nitrogens with zero attached hydrogens (tertiary/aromatic N) is 2. The summed E-state index contributed by atoms with van der Waals surface area (Å²) in [5, 5.41) is 1.67. The Balaban J connectivity index is 1.46. The highest BCUT2D eigenvalue weighted by Gasteiger charge is 2.40. The van der Waals surface area contributed by atoms with Gasteiger partial charge in [0.1, 0.15) is 18.4 Å². The molecule has 3 amide bonds. The lowest BCUT2D eigenvalue weighted by Gasteiger charge is -2.29. The number of amides is 3. The molecule has 1 N–H and O–H groups in total. The number of rotatable bonds is 6. The Morgan fingerprint density at radius 2 is 1.85 bits per heavy atom. The summed E-state index contributed by atoms with van der Waals surface area (Å²) in [6, 6.07) is 6.71. The summed E-state index contributed by atoms with van der Waals surface area (Å²) in [7, 11) is 0. The quantitative estimate of drug-likeness (QED) is 0.664. The van der Waals surface area contributed by atoms with Crippen LogP contribution in [0.3, 0.4) is 0 Å². The number of carbonyl (C=O) groups is 3. The first-order valence-corrected chi connectivity index (χ1v) is 10.3. The number of fused-ring (bicyclic) bond motifs is 1. The predicted molar refractivity (Wildman–Crippen MR) is 119 cm³/mol. The summed E-state index contributed by atoms with van der Waals surface area (Å²) in [4.78, 5) is 40.0. The molecule has 0 saturated carbocycles. The molecule has 0 radical (unpaired) electrons. The highest BCUT2D eigenvalue weighted by molar-refractivity contribution is 6.05. The van der Waals surface area contributed by atoms with Crippen molar-refractivity contribution in [3.63, 3.8) is 0 Å². The third kappa shape index (κ3) is 4.62. The van der Waals surface area contributed by atoms with Crippen molar-refractivity contribution >= 4 is 17.7 Å². The summed E-state index contributed by atoms with van der Waals surface area (Å²) < 4.78 is 94.9. The molecule has 0 unspecified atom stereocenters. The van der Waals surface area contributed by atoms with E-state index < -0.39 is 67.4 Å². The second kappa shape index (κ2) is 9.33. The van der Waals surface area contributed by atoms with Crippen LogP contribution < -0.4 is 10.1 Å². The molecule has 2 fully saturated rings. The van der Waals surface area contributed by atoms with Gasteiger partial charge in [0.15, 0.2) is 0 Å². The van der Waals surface area contributed by atoms with Gasteiger partial charge in [-0.2, -0.15) is 0 Å². The fourth-order valence-corrected chi connectivity index (χ4v) is 3.57. The molecule has 3 heterocycles. The van der Waals surface area contributed by atoms with Crippen molar-refractivity contribution in [1.29, 1.82) is 0 Å². The van der Waals surface area contributed by atoms with Crippen LogP contribution in [0, 0.1) is 0 Å². The van der Waals surface area contributed by atoms with Crippen molar-refractivity contribution in [2.45, 2.75) is 38.3 Å². The van der Waals surface area contributed by atoms with Crippen LogP contribution in [0.25, 0.3) is 0 Å². The minimum absolute atomic E-state index is 0.0527. The largest absolute Gasteiger partial charge is 0.489 e. The van der Waals surface area contributed by atoms with Crippen LogP contribution in [0.4, 0.5) is 0 Å². The second-order valence-electron chi connectivity index (χ2n) is 7.45. The molecule has 172 valence electrons. The number of carbonyl (C=O) groups excluding carboxylic acids is 3. The average Bonchev–Trinajstić information content (AvgIpc) is 3.14. The Bertz CT molecular complexity index is 1480. The van der Waals surface area contributed by atoms with Gasteiger partial charge in [-0.1, -0.05) is 30.3 Å². The van der Waals surface area contributed by atoms with E-state index in [1.807, 2.05) is 0 Å². The van der Waals surface area contributed by atoms with E-state index in [1.54, 1.807) is 10.2 Å². The van der Waals surface area contributed by atoms with Gasteiger partial charge in [0, 0.05) is 45.3 Å². The van der Waals surface area contributed by atoms with E-state index >= 15 is 0 Å². The number of nitrogens with one attached hydrogen (secondary N) is 1. The molecular weight excluding hydrogens is 422 g/mol. The summed E-state index contributed by atoms with van der Waals surface area (Å²) in [5.41, 5.74) is -0.660. The second-order valence-corrected chi connectivity index (χ2v) is 7.45. The molecule has 8 heteroatoms. The molecule has 0 spiro atoms. The van der Waals surface area contributed by atoms with Gasteiger partial charge >= 0.3 is 0 Å². The summed E-state index contributed by atoms with van der Waals surface area (Å²) in [5.74, 6) is -4.60. The Hall–Kier alpha value is -3.23. The summed E-state index contributed by atoms with van der Waals surface area (Å²) >= 11 is 0. The summed E-state index contributed by atoms with van der Waals surface area (Å²) in [6.07, 6.45) is -6.63. The number of benzene rings is 2. The minimum Gasteiger partial charge on any atom is -0.489 e. The molecule has 0 aliphatic carbocycles. The van der Waals surface area contributed by atoms with Gasteiger partial charge in [-0.25, -0.2) is 0 Å². The first kappa shape index (κ1) is 12.9.